The number of fused-ring (bicyclic) bond motifs is 2. The summed E-state index contributed by atoms with van der Waals surface area (Å²) in [5, 5.41) is 25.8. The van der Waals surface area contributed by atoms with Crippen molar-refractivity contribution in [3.05, 3.63) is 24.3 Å². The second kappa shape index (κ2) is 9.99. The monoisotopic (exact) mass is 588 g/mol. The number of urea groups is 1. The number of sulfonamides is 1. The molecule has 4 aliphatic carbocycles. The summed E-state index contributed by atoms with van der Waals surface area (Å²) in [7, 11) is -3.16. The van der Waals surface area contributed by atoms with Gasteiger partial charge in [-0.3, -0.25) is 0 Å². The van der Waals surface area contributed by atoms with Crippen LogP contribution in [0, 0.1) is 17.8 Å². The zero-order chi connectivity index (χ0) is 28.6. The Morgan fingerprint density at radius 1 is 0.951 bits per heavy atom. The minimum Gasteiger partial charge on any atom is -0.491 e. The van der Waals surface area contributed by atoms with E-state index in [-0.39, 0.29) is 30.8 Å². The van der Waals surface area contributed by atoms with Gasteiger partial charge in [-0.1, -0.05) is 0 Å². The van der Waals surface area contributed by atoms with E-state index in [9.17, 15) is 23.4 Å². The second-order valence-electron chi connectivity index (χ2n) is 14.0. The van der Waals surface area contributed by atoms with Crippen LogP contribution in [0.4, 0.5) is 10.5 Å². The van der Waals surface area contributed by atoms with E-state index in [4.69, 9.17) is 4.74 Å². The molecule has 2 amide bonds. The highest BCUT2D eigenvalue weighted by molar-refractivity contribution is 7.88. The fourth-order valence-electron chi connectivity index (χ4n) is 9.45. The summed E-state index contributed by atoms with van der Waals surface area (Å²) in [5.41, 5.74) is -0.460. The number of benzene rings is 1. The standard InChI is InChI=1S/C30H44N4O6S/c1-41(38,39)33-10-8-32(9-11-33)23-4-6-26(7-5-23)40-19-30(37)17-24-2-3-25(18-30)34(24)28(35)31-27-21-12-20-13-22(27)16-29(36,14-20)15-21/h4-7,20-22,24-25,27,36-37H,2-3,8-19H2,1H3,(H,31,35). The third-order valence-corrected chi connectivity index (χ3v) is 12.3. The Kier molecular flexibility index (Phi) is 6.76. The normalized spacial score (nSPS) is 40.2. The van der Waals surface area contributed by atoms with Crippen molar-refractivity contribution in [1.29, 1.82) is 0 Å². The van der Waals surface area contributed by atoms with Crippen molar-refractivity contribution in [2.45, 2.75) is 87.1 Å². The van der Waals surface area contributed by atoms with Gasteiger partial charge in [0.1, 0.15) is 18.0 Å². The van der Waals surface area contributed by atoms with Crippen molar-refractivity contribution in [1.82, 2.24) is 14.5 Å². The lowest BCUT2D eigenvalue weighted by Crippen LogP contribution is -2.64. The molecule has 8 rings (SSSR count). The van der Waals surface area contributed by atoms with Gasteiger partial charge in [-0.25, -0.2) is 13.2 Å². The predicted molar refractivity (Wildman–Crippen MR) is 154 cm³/mol. The van der Waals surface area contributed by atoms with Gasteiger partial charge in [-0.15, -0.1) is 0 Å². The van der Waals surface area contributed by atoms with Gasteiger partial charge < -0.3 is 30.1 Å². The Bertz CT molecular complexity index is 1240. The van der Waals surface area contributed by atoms with Crippen LogP contribution in [0.1, 0.15) is 57.8 Å². The molecule has 0 radical (unpaired) electrons. The zero-order valence-corrected chi connectivity index (χ0v) is 24.8. The number of piperidine rings is 1. The summed E-state index contributed by atoms with van der Waals surface area (Å²) in [6, 6.07) is 7.96. The van der Waals surface area contributed by atoms with E-state index in [0.717, 1.165) is 50.6 Å². The molecule has 226 valence electrons. The molecule has 0 spiro atoms. The SMILES string of the molecule is CS(=O)(=O)N1CCN(c2ccc(OCC3(O)CC4CCC(C3)N4C(=O)NC3C4CC5CC3CC(O)(C5)C4)cc2)CC1. The summed E-state index contributed by atoms with van der Waals surface area (Å²) in [4.78, 5) is 17.7. The van der Waals surface area contributed by atoms with Crippen LogP contribution in [0.2, 0.25) is 0 Å². The Hall–Kier alpha value is -2.08. The molecule has 1 aromatic carbocycles. The molecule has 3 saturated heterocycles. The Balaban J connectivity index is 0.922. The summed E-state index contributed by atoms with van der Waals surface area (Å²) >= 11 is 0. The van der Waals surface area contributed by atoms with Gasteiger partial charge in [0.25, 0.3) is 0 Å². The average Bonchev–Trinajstić information content (AvgIpc) is 3.20. The molecule has 3 heterocycles. The maximum atomic E-state index is 13.6. The number of hydrogen-bond donors (Lipinski definition) is 3. The molecule has 3 aliphatic heterocycles. The molecule has 3 N–H and O–H groups in total. The highest BCUT2D eigenvalue weighted by atomic mass is 32.2. The van der Waals surface area contributed by atoms with Crippen LogP contribution in [-0.4, -0.2) is 102 Å². The Morgan fingerprint density at radius 3 is 2.12 bits per heavy atom. The van der Waals surface area contributed by atoms with Crippen molar-refractivity contribution < 1.29 is 28.2 Å². The van der Waals surface area contributed by atoms with E-state index >= 15 is 0 Å². The van der Waals surface area contributed by atoms with E-state index in [0.29, 0.717) is 62.5 Å². The van der Waals surface area contributed by atoms with E-state index < -0.39 is 21.2 Å². The number of amides is 2. The maximum Gasteiger partial charge on any atom is 0.318 e. The van der Waals surface area contributed by atoms with Crippen LogP contribution in [-0.2, 0) is 10.0 Å². The van der Waals surface area contributed by atoms with E-state index in [2.05, 4.69) is 10.2 Å². The largest absolute Gasteiger partial charge is 0.491 e. The molecule has 0 aromatic heterocycles. The topological polar surface area (TPSA) is 123 Å². The molecule has 11 heteroatoms. The van der Waals surface area contributed by atoms with E-state index in [1.54, 1.807) is 0 Å². The van der Waals surface area contributed by atoms with Crippen LogP contribution < -0.4 is 15.0 Å². The summed E-state index contributed by atoms with van der Waals surface area (Å²) in [6.45, 7) is 2.43. The second-order valence-corrected chi connectivity index (χ2v) is 16.0. The summed E-state index contributed by atoms with van der Waals surface area (Å²) in [5.74, 6) is 2.06. The number of rotatable bonds is 6. The van der Waals surface area contributed by atoms with Gasteiger partial charge in [0, 0.05) is 62.8 Å². The molecular weight excluding hydrogens is 544 g/mol. The van der Waals surface area contributed by atoms with Gasteiger partial charge in [0.05, 0.1) is 11.9 Å². The number of aliphatic hydroxyl groups is 2. The van der Waals surface area contributed by atoms with Crippen LogP contribution in [0.5, 0.6) is 5.75 Å². The quantitative estimate of drug-likeness (QED) is 0.466. The summed E-state index contributed by atoms with van der Waals surface area (Å²) < 4.78 is 31.1. The number of nitrogens with one attached hydrogen (secondary N) is 1. The number of nitrogens with zero attached hydrogens (tertiary/aromatic N) is 3. The lowest BCUT2D eigenvalue weighted by Gasteiger charge is -2.58. The van der Waals surface area contributed by atoms with Crippen LogP contribution in [0.3, 0.4) is 0 Å². The number of ether oxygens (including phenoxy) is 1. The first-order valence-corrected chi connectivity index (χ1v) is 17.3. The molecule has 41 heavy (non-hydrogen) atoms. The van der Waals surface area contributed by atoms with Gasteiger partial charge in [-0.05, 0) is 87.0 Å². The molecule has 7 aliphatic rings. The third-order valence-electron chi connectivity index (χ3n) is 11.0. The van der Waals surface area contributed by atoms with Crippen molar-refractivity contribution in [3.8, 4) is 5.75 Å². The van der Waals surface area contributed by atoms with Crippen molar-refractivity contribution in [2.75, 3.05) is 43.9 Å². The number of hydrogen-bond acceptors (Lipinski definition) is 7. The third kappa shape index (κ3) is 5.32. The minimum atomic E-state index is -3.16. The fourth-order valence-corrected chi connectivity index (χ4v) is 10.3. The van der Waals surface area contributed by atoms with Crippen molar-refractivity contribution in [2.24, 2.45) is 17.8 Å². The van der Waals surface area contributed by atoms with E-state index in [1.807, 2.05) is 29.2 Å². The number of piperazine rings is 1. The summed E-state index contributed by atoms with van der Waals surface area (Å²) in [6.07, 6.45) is 8.89. The Morgan fingerprint density at radius 2 is 1.56 bits per heavy atom. The fraction of sp³-hybridized carbons (Fsp3) is 0.767. The highest BCUT2D eigenvalue weighted by Gasteiger charge is 2.56. The van der Waals surface area contributed by atoms with Crippen LogP contribution in [0.25, 0.3) is 0 Å². The molecule has 7 fully saturated rings. The molecule has 4 saturated carbocycles. The van der Waals surface area contributed by atoms with E-state index in [1.165, 1.54) is 10.6 Å². The molecule has 1 aromatic rings. The first-order valence-electron chi connectivity index (χ1n) is 15.4. The average molecular weight is 589 g/mol. The first kappa shape index (κ1) is 27.7. The molecule has 10 nitrogen and oxygen atoms in total. The Labute approximate surface area is 243 Å². The molecular formula is C30H44N4O6S. The highest BCUT2D eigenvalue weighted by Crippen LogP contribution is 2.55. The molecule has 6 bridgehead atoms. The van der Waals surface area contributed by atoms with Crippen LogP contribution >= 0.6 is 0 Å². The lowest BCUT2D eigenvalue weighted by molar-refractivity contribution is -0.137. The smallest absolute Gasteiger partial charge is 0.318 e. The van der Waals surface area contributed by atoms with Crippen molar-refractivity contribution >= 4 is 21.7 Å². The van der Waals surface area contributed by atoms with Crippen LogP contribution in [0.15, 0.2) is 24.3 Å². The first-order chi connectivity index (χ1) is 19.5. The predicted octanol–water partition coefficient (Wildman–Crippen LogP) is 2.15. The molecule has 4 atom stereocenters. The van der Waals surface area contributed by atoms with Gasteiger partial charge >= 0.3 is 6.03 Å². The molecule has 4 unspecified atom stereocenters. The number of anilines is 1. The number of carbonyl (C=O) groups excluding carboxylic acids is 1. The maximum absolute atomic E-state index is 13.6. The zero-order valence-electron chi connectivity index (χ0n) is 24.0. The van der Waals surface area contributed by atoms with Gasteiger partial charge in [0.2, 0.25) is 10.0 Å². The lowest BCUT2D eigenvalue weighted by atomic mass is 9.52. The minimum absolute atomic E-state index is 0.0105. The van der Waals surface area contributed by atoms with Gasteiger partial charge in [-0.2, -0.15) is 4.31 Å². The van der Waals surface area contributed by atoms with Crippen molar-refractivity contribution in [3.63, 3.8) is 0 Å². The van der Waals surface area contributed by atoms with Gasteiger partial charge in [0.15, 0.2) is 0 Å². The number of carbonyl (C=O) groups is 1.